The molecule has 3 aliphatic carbocycles. The van der Waals surface area contributed by atoms with Crippen LogP contribution in [-0.4, -0.2) is 0 Å². The van der Waals surface area contributed by atoms with Gasteiger partial charge in [0.2, 0.25) is 0 Å². The molecule has 0 saturated heterocycles. The average Bonchev–Trinajstić information content (AvgIpc) is 2.40. The Bertz CT molecular complexity index is 600. The Morgan fingerprint density at radius 1 is 0.765 bits per heavy atom. The topological polar surface area (TPSA) is 0 Å². The summed E-state index contributed by atoms with van der Waals surface area (Å²) >= 11 is 3.74. The molecule has 0 fully saturated rings. The van der Waals surface area contributed by atoms with E-state index < -0.39 is 0 Å². The molecule has 2 aromatic carbocycles. The van der Waals surface area contributed by atoms with Crippen LogP contribution in [0.4, 0.5) is 0 Å². The Morgan fingerprint density at radius 2 is 1.41 bits per heavy atom. The first-order chi connectivity index (χ1) is 8.36. The van der Waals surface area contributed by atoms with Gasteiger partial charge in [0, 0.05) is 16.3 Å². The van der Waals surface area contributed by atoms with Crippen LogP contribution in [0.5, 0.6) is 0 Å². The molecule has 1 heteroatoms. The molecule has 0 spiro atoms. The van der Waals surface area contributed by atoms with Crippen molar-refractivity contribution in [1.82, 2.24) is 0 Å². The minimum absolute atomic E-state index is 0.613. The summed E-state index contributed by atoms with van der Waals surface area (Å²) in [5.74, 6) is 1.24. The molecule has 84 valence electrons. The summed E-state index contributed by atoms with van der Waals surface area (Å²) in [6.07, 6.45) is 2.61. The second-order valence-corrected chi connectivity index (χ2v) is 5.91. The molecule has 0 aliphatic heterocycles. The zero-order valence-electron chi connectivity index (χ0n) is 9.49. The minimum atomic E-state index is 0.613. The second kappa shape index (κ2) is 3.46. The average molecular weight is 285 g/mol. The quantitative estimate of drug-likeness (QED) is 0.651. The Hall–Kier alpha value is -1.08. The van der Waals surface area contributed by atoms with E-state index in [2.05, 4.69) is 58.4 Å². The van der Waals surface area contributed by atoms with Crippen LogP contribution in [0.15, 0.2) is 46.9 Å². The number of benzene rings is 2. The van der Waals surface area contributed by atoms with Gasteiger partial charge < -0.3 is 0 Å². The summed E-state index contributed by atoms with van der Waals surface area (Å²) in [7, 11) is 0. The Balaban J connectivity index is 2.05. The van der Waals surface area contributed by atoms with Gasteiger partial charge in [-0.3, -0.25) is 0 Å². The third-order valence-corrected chi connectivity index (χ3v) is 4.99. The molecule has 0 radical (unpaired) electrons. The molecule has 2 unspecified atom stereocenters. The Labute approximate surface area is 110 Å². The highest BCUT2D eigenvalue weighted by molar-refractivity contribution is 9.10. The van der Waals surface area contributed by atoms with Gasteiger partial charge in [0.15, 0.2) is 0 Å². The first kappa shape index (κ1) is 9.90. The largest absolute Gasteiger partial charge is 0.0620 e. The lowest BCUT2D eigenvalue weighted by Gasteiger charge is -2.40. The van der Waals surface area contributed by atoms with Crippen molar-refractivity contribution in [1.29, 1.82) is 0 Å². The maximum absolute atomic E-state index is 3.74. The SMILES string of the molecule is Brc1cccc2c1C1CCC2c2ccccc21. The van der Waals surface area contributed by atoms with Crippen molar-refractivity contribution in [2.45, 2.75) is 24.7 Å². The highest BCUT2D eigenvalue weighted by Crippen LogP contribution is 2.54. The second-order valence-electron chi connectivity index (χ2n) is 5.05. The molecule has 0 saturated carbocycles. The zero-order chi connectivity index (χ0) is 11.4. The highest BCUT2D eigenvalue weighted by atomic mass is 79.9. The smallest absolute Gasteiger partial charge is 0.0216 e. The molecule has 0 aromatic heterocycles. The lowest BCUT2D eigenvalue weighted by Crippen LogP contribution is -2.24. The predicted molar refractivity (Wildman–Crippen MR) is 73.5 cm³/mol. The maximum atomic E-state index is 3.74. The van der Waals surface area contributed by atoms with Crippen molar-refractivity contribution < 1.29 is 0 Å². The molecular formula is C16H13Br. The summed E-state index contributed by atoms with van der Waals surface area (Å²) in [5, 5.41) is 0. The predicted octanol–water partition coefficient (Wildman–Crippen LogP) is 4.82. The van der Waals surface area contributed by atoms with Crippen LogP contribution < -0.4 is 0 Å². The molecule has 0 nitrogen and oxygen atoms in total. The maximum Gasteiger partial charge on any atom is 0.0216 e. The number of hydrogen-bond donors (Lipinski definition) is 0. The monoisotopic (exact) mass is 284 g/mol. The molecule has 0 heterocycles. The van der Waals surface area contributed by atoms with E-state index in [4.69, 9.17) is 0 Å². The van der Waals surface area contributed by atoms with Crippen molar-refractivity contribution in [3.63, 3.8) is 0 Å². The van der Waals surface area contributed by atoms with E-state index in [0.717, 1.165) is 0 Å². The molecule has 2 bridgehead atoms. The Morgan fingerprint density at radius 3 is 2.24 bits per heavy atom. The summed E-state index contributed by atoms with van der Waals surface area (Å²) in [6, 6.07) is 15.7. The van der Waals surface area contributed by atoms with Gasteiger partial charge in [0.05, 0.1) is 0 Å². The molecule has 0 N–H and O–H groups in total. The summed E-state index contributed by atoms with van der Waals surface area (Å²) in [4.78, 5) is 0. The van der Waals surface area contributed by atoms with Crippen LogP contribution in [0.3, 0.4) is 0 Å². The fourth-order valence-electron chi connectivity index (χ4n) is 3.64. The third-order valence-electron chi connectivity index (χ3n) is 4.30. The highest BCUT2D eigenvalue weighted by Gasteiger charge is 2.37. The number of rotatable bonds is 0. The Kier molecular flexibility index (Phi) is 2.01. The summed E-state index contributed by atoms with van der Waals surface area (Å²) < 4.78 is 1.29. The van der Waals surface area contributed by atoms with Crippen LogP contribution in [-0.2, 0) is 0 Å². The minimum Gasteiger partial charge on any atom is -0.0620 e. The zero-order valence-corrected chi connectivity index (χ0v) is 11.1. The van der Waals surface area contributed by atoms with E-state index >= 15 is 0 Å². The van der Waals surface area contributed by atoms with Gasteiger partial charge in [0.1, 0.15) is 0 Å². The van der Waals surface area contributed by atoms with E-state index in [1.807, 2.05) is 0 Å². The molecule has 0 amide bonds. The summed E-state index contributed by atoms with van der Waals surface area (Å²) in [6.45, 7) is 0. The molecule has 17 heavy (non-hydrogen) atoms. The number of hydrogen-bond acceptors (Lipinski definition) is 0. The van der Waals surface area contributed by atoms with Crippen molar-refractivity contribution >= 4 is 15.9 Å². The van der Waals surface area contributed by atoms with Gasteiger partial charge in [-0.15, -0.1) is 0 Å². The third kappa shape index (κ3) is 1.23. The van der Waals surface area contributed by atoms with Gasteiger partial charge in [-0.2, -0.15) is 0 Å². The van der Waals surface area contributed by atoms with Gasteiger partial charge in [-0.1, -0.05) is 52.3 Å². The van der Waals surface area contributed by atoms with E-state index in [1.54, 1.807) is 22.3 Å². The van der Waals surface area contributed by atoms with Gasteiger partial charge in [-0.25, -0.2) is 0 Å². The van der Waals surface area contributed by atoms with Gasteiger partial charge in [0.25, 0.3) is 0 Å². The lowest BCUT2D eigenvalue weighted by atomic mass is 9.64. The lowest BCUT2D eigenvalue weighted by molar-refractivity contribution is 0.518. The standard InChI is InChI=1S/C16H13Br/c17-15-7-3-6-13-12-8-9-14(16(13)15)11-5-2-1-4-10(11)12/h1-7,12,14H,8-9H2. The molecule has 2 aromatic rings. The first-order valence-corrected chi connectivity index (χ1v) is 7.02. The van der Waals surface area contributed by atoms with E-state index in [9.17, 15) is 0 Å². The van der Waals surface area contributed by atoms with Crippen molar-refractivity contribution in [2.24, 2.45) is 0 Å². The van der Waals surface area contributed by atoms with E-state index in [-0.39, 0.29) is 0 Å². The number of halogens is 1. The van der Waals surface area contributed by atoms with Crippen LogP contribution >= 0.6 is 15.9 Å². The van der Waals surface area contributed by atoms with Gasteiger partial charge in [-0.05, 0) is 41.2 Å². The molecular weight excluding hydrogens is 272 g/mol. The van der Waals surface area contributed by atoms with Crippen molar-refractivity contribution in [3.8, 4) is 0 Å². The van der Waals surface area contributed by atoms with E-state index in [1.165, 1.54) is 17.3 Å². The van der Waals surface area contributed by atoms with Crippen molar-refractivity contribution in [2.75, 3.05) is 0 Å². The fourth-order valence-corrected chi connectivity index (χ4v) is 4.30. The van der Waals surface area contributed by atoms with Crippen molar-refractivity contribution in [3.05, 3.63) is 69.2 Å². The first-order valence-electron chi connectivity index (χ1n) is 6.23. The molecule has 5 rings (SSSR count). The molecule has 3 aliphatic rings. The van der Waals surface area contributed by atoms with Crippen LogP contribution in [0.2, 0.25) is 0 Å². The van der Waals surface area contributed by atoms with Crippen LogP contribution in [0, 0.1) is 0 Å². The van der Waals surface area contributed by atoms with E-state index in [0.29, 0.717) is 11.8 Å². The normalized spacial score (nSPS) is 24.3. The van der Waals surface area contributed by atoms with Gasteiger partial charge >= 0.3 is 0 Å². The fraction of sp³-hybridized carbons (Fsp3) is 0.250. The molecule has 2 atom stereocenters. The summed E-state index contributed by atoms with van der Waals surface area (Å²) in [5.41, 5.74) is 6.22. The number of fused-ring (bicyclic) bond motifs is 1. The van der Waals surface area contributed by atoms with Crippen LogP contribution in [0.1, 0.15) is 46.9 Å². The van der Waals surface area contributed by atoms with Crippen LogP contribution in [0.25, 0.3) is 0 Å².